The highest BCUT2D eigenvalue weighted by Crippen LogP contribution is 2.45. The van der Waals surface area contributed by atoms with Crippen LogP contribution < -0.4 is 15.2 Å². The normalized spacial score (nSPS) is 16.2. The van der Waals surface area contributed by atoms with Crippen molar-refractivity contribution in [1.29, 1.82) is 0 Å². The van der Waals surface area contributed by atoms with E-state index < -0.39 is 21.6 Å². The Kier molecular flexibility index (Phi) is 9.12. The molecule has 1 aliphatic carbocycles. The van der Waals surface area contributed by atoms with E-state index in [1.807, 2.05) is 4.90 Å². The number of aromatic nitrogens is 3. The smallest absolute Gasteiger partial charge is 0.338 e. The van der Waals surface area contributed by atoms with Crippen LogP contribution in [-0.2, 0) is 27.1 Å². The molecule has 13 heteroatoms. The number of anilines is 1. The Bertz CT molecular complexity index is 1890. The number of hydrogen-bond acceptors (Lipinski definition) is 9. The summed E-state index contributed by atoms with van der Waals surface area (Å²) in [6, 6.07) is 18.7. The molecule has 2 aliphatic rings. The Labute approximate surface area is 272 Å². The first kappa shape index (κ1) is 31.7. The summed E-state index contributed by atoms with van der Waals surface area (Å²) < 4.78 is 41.1. The zero-order valence-electron chi connectivity index (χ0n) is 25.3. The van der Waals surface area contributed by atoms with Crippen LogP contribution in [0, 0.1) is 5.41 Å². The van der Waals surface area contributed by atoms with Crippen molar-refractivity contribution >= 4 is 33.3 Å². The lowest BCUT2D eigenvalue weighted by Crippen LogP contribution is -2.49. The van der Waals surface area contributed by atoms with E-state index in [4.69, 9.17) is 21.1 Å². The summed E-state index contributed by atoms with van der Waals surface area (Å²) in [5.41, 5.74) is 2.04. The molecule has 0 unspecified atom stereocenters. The van der Waals surface area contributed by atoms with E-state index in [0.717, 1.165) is 12.8 Å². The van der Waals surface area contributed by atoms with Crippen LogP contribution in [0.25, 0.3) is 5.69 Å². The number of benzene rings is 2. The van der Waals surface area contributed by atoms with Crippen molar-refractivity contribution in [2.24, 2.45) is 5.41 Å². The molecule has 46 heavy (non-hydrogen) atoms. The molecule has 6 rings (SSSR count). The first-order chi connectivity index (χ1) is 22.1. The van der Waals surface area contributed by atoms with Gasteiger partial charge in [0.15, 0.2) is 0 Å². The van der Waals surface area contributed by atoms with E-state index in [2.05, 4.69) is 17.0 Å². The lowest BCUT2D eigenvalue weighted by atomic mass is 10.1. The molecule has 1 aliphatic heterocycles. The molecule has 240 valence electrons. The molecular weight excluding hydrogens is 630 g/mol. The standard InChI is InChI=1S/C33H34ClN5O6S/c1-33(11-12-33)23-45-30-29(20-36-39(31(30)40)28-10-5-8-26(34)19-28)37-14-16-38(17-15-37)46(42,43)22-24-6-4-7-25(18-24)32(41)44-21-27-9-2-3-13-35-27/h2-10,13,18-20H,11-12,14-17,21-23H2,1H3. The number of ether oxygens (including phenoxy) is 2. The molecule has 3 heterocycles. The molecule has 1 saturated carbocycles. The van der Waals surface area contributed by atoms with Gasteiger partial charge in [0.25, 0.3) is 0 Å². The maximum Gasteiger partial charge on any atom is 0.338 e. The molecule has 0 amide bonds. The monoisotopic (exact) mass is 663 g/mol. The van der Waals surface area contributed by atoms with Crippen molar-refractivity contribution in [1.82, 2.24) is 19.1 Å². The third-order valence-corrected chi connectivity index (χ3v) is 10.3. The van der Waals surface area contributed by atoms with Crippen LogP contribution in [0.1, 0.15) is 41.4 Å². The lowest BCUT2D eigenvalue weighted by Gasteiger charge is -2.35. The molecule has 0 spiro atoms. The molecule has 2 fully saturated rings. The molecule has 1 saturated heterocycles. The molecule has 2 aromatic carbocycles. The van der Waals surface area contributed by atoms with E-state index in [1.54, 1.807) is 79.1 Å². The van der Waals surface area contributed by atoms with Gasteiger partial charge < -0.3 is 14.4 Å². The maximum atomic E-state index is 13.7. The molecule has 0 radical (unpaired) electrons. The quantitative estimate of drug-likeness (QED) is 0.214. The fourth-order valence-corrected chi connectivity index (χ4v) is 6.88. The van der Waals surface area contributed by atoms with Gasteiger partial charge in [0.2, 0.25) is 15.8 Å². The van der Waals surface area contributed by atoms with Crippen LogP contribution in [0.4, 0.5) is 5.69 Å². The number of carbonyl (C=O) groups excluding carboxylic acids is 1. The zero-order chi connectivity index (χ0) is 32.3. The summed E-state index contributed by atoms with van der Waals surface area (Å²) in [7, 11) is -3.71. The second-order valence-corrected chi connectivity index (χ2v) is 14.3. The van der Waals surface area contributed by atoms with Crippen LogP contribution in [0.15, 0.2) is 83.9 Å². The van der Waals surface area contributed by atoms with Crippen LogP contribution in [0.5, 0.6) is 5.75 Å². The van der Waals surface area contributed by atoms with Gasteiger partial charge in [-0.1, -0.05) is 42.8 Å². The molecule has 0 bridgehead atoms. The van der Waals surface area contributed by atoms with E-state index in [1.165, 1.54) is 8.99 Å². The summed E-state index contributed by atoms with van der Waals surface area (Å²) in [4.78, 5) is 32.4. The summed E-state index contributed by atoms with van der Waals surface area (Å²) in [6.45, 7) is 3.64. The highest BCUT2D eigenvalue weighted by atomic mass is 35.5. The minimum atomic E-state index is -3.71. The van der Waals surface area contributed by atoms with E-state index in [-0.39, 0.29) is 42.2 Å². The van der Waals surface area contributed by atoms with Gasteiger partial charge in [-0.05, 0) is 60.9 Å². The Morgan fingerprint density at radius 1 is 1.00 bits per heavy atom. The Balaban J connectivity index is 1.13. The SMILES string of the molecule is CC1(COc2c(N3CCN(S(=O)(=O)Cc4cccc(C(=O)OCc5ccccn5)c4)CC3)cnn(-c3cccc(Cl)c3)c2=O)CC1. The summed E-state index contributed by atoms with van der Waals surface area (Å²) >= 11 is 6.17. The number of hydrogen-bond donors (Lipinski definition) is 0. The van der Waals surface area contributed by atoms with Crippen molar-refractivity contribution in [2.45, 2.75) is 32.1 Å². The lowest BCUT2D eigenvalue weighted by molar-refractivity contribution is 0.0467. The van der Waals surface area contributed by atoms with Gasteiger partial charge in [-0.3, -0.25) is 9.78 Å². The van der Waals surface area contributed by atoms with Crippen molar-refractivity contribution < 1.29 is 22.7 Å². The fraction of sp³-hybridized carbons (Fsp3) is 0.333. The predicted molar refractivity (Wildman–Crippen MR) is 174 cm³/mol. The maximum absolute atomic E-state index is 13.7. The Morgan fingerprint density at radius 2 is 1.78 bits per heavy atom. The highest BCUT2D eigenvalue weighted by Gasteiger charge is 2.39. The van der Waals surface area contributed by atoms with Crippen LogP contribution in [0.2, 0.25) is 5.02 Å². The topological polar surface area (TPSA) is 124 Å². The number of rotatable bonds is 11. The Hall–Kier alpha value is -4.26. The zero-order valence-corrected chi connectivity index (χ0v) is 26.9. The van der Waals surface area contributed by atoms with E-state index in [0.29, 0.717) is 47.4 Å². The molecule has 0 atom stereocenters. The molecule has 4 aromatic rings. The second-order valence-electron chi connectivity index (χ2n) is 11.9. The summed E-state index contributed by atoms with van der Waals surface area (Å²) in [6.07, 6.45) is 5.27. The summed E-state index contributed by atoms with van der Waals surface area (Å²) in [5, 5.41) is 4.89. The van der Waals surface area contributed by atoms with Gasteiger partial charge in [-0.15, -0.1) is 0 Å². The van der Waals surface area contributed by atoms with E-state index in [9.17, 15) is 18.0 Å². The van der Waals surface area contributed by atoms with E-state index >= 15 is 0 Å². The molecular formula is C33H34ClN5O6S. The van der Waals surface area contributed by atoms with Crippen molar-refractivity contribution in [3.8, 4) is 11.4 Å². The van der Waals surface area contributed by atoms with Gasteiger partial charge in [0, 0.05) is 42.8 Å². The highest BCUT2D eigenvalue weighted by molar-refractivity contribution is 7.88. The predicted octanol–water partition coefficient (Wildman–Crippen LogP) is 4.47. The number of nitrogens with zero attached hydrogens (tertiary/aromatic N) is 5. The van der Waals surface area contributed by atoms with Crippen molar-refractivity contribution in [2.75, 3.05) is 37.7 Å². The number of piperazine rings is 1. The number of carbonyl (C=O) groups is 1. The van der Waals surface area contributed by atoms with Crippen molar-refractivity contribution in [3.05, 3.63) is 111 Å². The minimum Gasteiger partial charge on any atom is -0.486 e. The minimum absolute atomic E-state index is 0.0178. The third-order valence-electron chi connectivity index (χ3n) is 8.20. The second kappa shape index (κ2) is 13.2. The van der Waals surface area contributed by atoms with Crippen LogP contribution in [-0.4, -0.2) is 66.2 Å². The number of pyridine rings is 1. The number of sulfonamides is 1. The van der Waals surface area contributed by atoms with Crippen molar-refractivity contribution in [3.63, 3.8) is 0 Å². The van der Waals surface area contributed by atoms with Crippen LogP contribution in [0.3, 0.4) is 0 Å². The molecule has 0 N–H and O–H groups in total. The summed E-state index contributed by atoms with van der Waals surface area (Å²) in [5.74, 6) is -0.636. The fourth-order valence-electron chi connectivity index (χ4n) is 5.19. The average molecular weight is 664 g/mol. The third kappa shape index (κ3) is 7.41. The van der Waals surface area contributed by atoms with Gasteiger partial charge in [0.05, 0.1) is 35.5 Å². The van der Waals surface area contributed by atoms with Gasteiger partial charge in [-0.25, -0.2) is 13.2 Å². The Morgan fingerprint density at radius 3 is 2.50 bits per heavy atom. The number of halogens is 1. The van der Waals surface area contributed by atoms with Gasteiger partial charge >= 0.3 is 11.5 Å². The number of esters is 1. The van der Waals surface area contributed by atoms with Gasteiger partial charge in [0.1, 0.15) is 12.3 Å². The largest absolute Gasteiger partial charge is 0.486 e. The molecule has 2 aromatic heterocycles. The first-order valence-electron chi connectivity index (χ1n) is 15.0. The van der Waals surface area contributed by atoms with Crippen LogP contribution >= 0.6 is 11.6 Å². The average Bonchev–Trinajstić information content (AvgIpc) is 3.80. The molecule has 11 nitrogen and oxygen atoms in total. The first-order valence-corrected chi connectivity index (χ1v) is 17.0. The van der Waals surface area contributed by atoms with Gasteiger partial charge in [-0.2, -0.15) is 14.1 Å².